The summed E-state index contributed by atoms with van der Waals surface area (Å²) in [5.41, 5.74) is 0. The van der Waals surface area contributed by atoms with Crippen LogP contribution in [0.4, 0.5) is 4.39 Å². The van der Waals surface area contributed by atoms with Crippen LogP contribution in [0.5, 0.6) is 0 Å². The van der Waals surface area contributed by atoms with Crippen molar-refractivity contribution < 1.29 is 14.3 Å². The zero-order valence-corrected chi connectivity index (χ0v) is 11.5. The summed E-state index contributed by atoms with van der Waals surface area (Å²) in [5, 5.41) is 9.23. The van der Waals surface area contributed by atoms with Gasteiger partial charge in [-0.1, -0.05) is 41.7 Å². The lowest BCUT2D eigenvalue weighted by Crippen LogP contribution is -2.11. The van der Waals surface area contributed by atoms with E-state index in [1.807, 2.05) is 30.3 Å². The molecule has 0 radical (unpaired) electrons. The van der Waals surface area contributed by atoms with E-state index in [1.54, 1.807) is 12.1 Å². The van der Waals surface area contributed by atoms with Crippen molar-refractivity contribution in [2.45, 2.75) is 14.4 Å². The molecule has 0 bridgehead atoms. The van der Waals surface area contributed by atoms with Gasteiger partial charge in [-0.25, -0.2) is 4.39 Å². The largest absolute Gasteiger partial charge is 0.480 e. The van der Waals surface area contributed by atoms with Gasteiger partial charge < -0.3 is 5.11 Å². The smallest absolute Gasteiger partial charge is 0.327 e. The fourth-order valence-corrected chi connectivity index (χ4v) is 3.55. The van der Waals surface area contributed by atoms with Gasteiger partial charge in [-0.2, -0.15) is 0 Å². The number of carboxylic acids is 1. The fraction of sp³-hybridized carbons (Fsp3) is 0.0714. The number of thioether (sulfide) groups is 2. The first-order valence-electron chi connectivity index (χ1n) is 5.52. The molecule has 5 heteroatoms. The molecule has 0 saturated carbocycles. The summed E-state index contributed by atoms with van der Waals surface area (Å²) in [6.45, 7) is 0. The molecule has 2 nitrogen and oxygen atoms in total. The third-order valence-electron chi connectivity index (χ3n) is 2.24. The normalized spacial score (nSPS) is 12.1. The molecule has 0 amide bonds. The molecule has 0 aromatic heterocycles. The van der Waals surface area contributed by atoms with Gasteiger partial charge in [0.15, 0.2) is 4.58 Å². The van der Waals surface area contributed by atoms with Gasteiger partial charge in [0.2, 0.25) is 0 Å². The molecular formula is C14H11FO2S2. The highest BCUT2D eigenvalue weighted by atomic mass is 32.2. The number of benzene rings is 2. The van der Waals surface area contributed by atoms with Gasteiger partial charge in [-0.05, 0) is 36.4 Å². The van der Waals surface area contributed by atoms with Crippen molar-refractivity contribution in [3.05, 3.63) is 60.4 Å². The summed E-state index contributed by atoms with van der Waals surface area (Å²) in [4.78, 5) is 12.9. The van der Waals surface area contributed by atoms with Crippen LogP contribution in [0, 0.1) is 5.82 Å². The van der Waals surface area contributed by atoms with Gasteiger partial charge in [0.05, 0.1) is 0 Å². The highest BCUT2D eigenvalue weighted by Gasteiger charge is 2.20. The first-order chi connectivity index (χ1) is 9.15. The molecule has 1 N–H and O–H groups in total. The Kier molecular flexibility index (Phi) is 4.87. The topological polar surface area (TPSA) is 37.3 Å². The Morgan fingerprint density at radius 2 is 1.47 bits per heavy atom. The lowest BCUT2D eigenvalue weighted by Gasteiger charge is -2.11. The number of hydrogen-bond donors (Lipinski definition) is 1. The number of aliphatic carboxylic acids is 1. The zero-order chi connectivity index (χ0) is 13.7. The summed E-state index contributed by atoms with van der Waals surface area (Å²) >= 11 is 2.46. The number of hydrogen-bond acceptors (Lipinski definition) is 3. The predicted octanol–water partition coefficient (Wildman–Crippen LogP) is 4.12. The highest BCUT2D eigenvalue weighted by Crippen LogP contribution is 2.35. The van der Waals surface area contributed by atoms with E-state index in [9.17, 15) is 14.3 Å². The Morgan fingerprint density at radius 1 is 0.947 bits per heavy atom. The summed E-state index contributed by atoms with van der Waals surface area (Å²) < 4.78 is 12.1. The molecule has 0 spiro atoms. The summed E-state index contributed by atoms with van der Waals surface area (Å²) in [6, 6.07) is 15.2. The van der Waals surface area contributed by atoms with Crippen LogP contribution >= 0.6 is 23.5 Å². The maximum atomic E-state index is 12.8. The van der Waals surface area contributed by atoms with E-state index >= 15 is 0 Å². The van der Waals surface area contributed by atoms with Crippen LogP contribution in [0.3, 0.4) is 0 Å². The minimum atomic E-state index is -0.900. The van der Waals surface area contributed by atoms with Crippen LogP contribution in [0.15, 0.2) is 64.4 Å². The monoisotopic (exact) mass is 294 g/mol. The van der Waals surface area contributed by atoms with Crippen molar-refractivity contribution in [2.24, 2.45) is 0 Å². The highest BCUT2D eigenvalue weighted by molar-refractivity contribution is 8.18. The third-order valence-corrected chi connectivity index (χ3v) is 4.74. The lowest BCUT2D eigenvalue weighted by atomic mass is 10.4. The van der Waals surface area contributed by atoms with Crippen molar-refractivity contribution in [2.75, 3.05) is 0 Å². The Hall–Kier alpha value is -1.46. The van der Waals surface area contributed by atoms with Gasteiger partial charge in [0.25, 0.3) is 0 Å². The van der Waals surface area contributed by atoms with Crippen LogP contribution in [0.2, 0.25) is 0 Å². The quantitative estimate of drug-likeness (QED) is 0.665. The van der Waals surface area contributed by atoms with Gasteiger partial charge in [-0.15, -0.1) is 0 Å². The lowest BCUT2D eigenvalue weighted by molar-refractivity contribution is -0.134. The Morgan fingerprint density at radius 3 is 2.00 bits per heavy atom. The molecule has 2 aromatic carbocycles. The molecular weight excluding hydrogens is 283 g/mol. The first kappa shape index (κ1) is 14.0. The van der Waals surface area contributed by atoms with Crippen molar-refractivity contribution in [1.29, 1.82) is 0 Å². The van der Waals surface area contributed by atoms with E-state index in [2.05, 4.69) is 0 Å². The molecule has 0 heterocycles. The predicted molar refractivity (Wildman–Crippen MR) is 76.0 cm³/mol. The van der Waals surface area contributed by atoms with Crippen LogP contribution < -0.4 is 0 Å². The standard InChI is InChI=1S/C14H11FO2S2/c15-10-6-8-12(9-7-10)19-14(13(16)17)18-11-4-2-1-3-5-11/h1-9,14H,(H,16,17). The van der Waals surface area contributed by atoms with Gasteiger partial charge in [-0.3, -0.25) is 4.79 Å². The second-order valence-electron chi connectivity index (χ2n) is 3.67. The van der Waals surface area contributed by atoms with Gasteiger partial charge >= 0.3 is 5.97 Å². The van der Waals surface area contributed by atoms with Crippen molar-refractivity contribution in [1.82, 2.24) is 0 Å². The van der Waals surface area contributed by atoms with Gasteiger partial charge in [0, 0.05) is 9.79 Å². The molecule has 0 aliphatic rings. The van der Waals surface area contributed by atoms with E-state index in [-0.39, 0.29) is 5.82 Å². The van der Waals surface area contributed by atoms with Gasteiger partial charge in [0.1, 0.15) is 5.82 Å². The number of carboxylic acid groups (broad SMARTS) is 1. The Balaban J connectivity index is 2.08. The van der Waals surface area contributed by atoms with Crippen molar-refractivity contribution >= 4 is 29.5 Å². The maximum absolute atomic E-state index is 12.8. The minimum absolute atomic E-state index is 0.327. The average Bonchev–Trinajstić information content (AvgIpc) is 2.41. The fourth-order valence-electron chi connectivity index (χ4n) is 1.38. The van der Waals surface area contributed by atoms with Crippen molar-refractivity contribution in [3.63, 3.8) is 0 Å². The maximum Gasteiger partial charge on any atom is 0.327 e. The van der Waals surface area contributed by atoms with Crippen LogP contribution in [-0.4, -0.2) is 15.7 Å². The zero-order valence-electron chi connectivity index (χ0n) is 9.82. The molecule has 0 fully saturated rings. The Labute approximate surface area is 119 Å². The number of halogens is 1. The molecule has 0 saturated heterocycles. The van der Waals surface area contributed by atoms with Crippen LogP contribution in [-0.2, 0) is 4.79 Å². The first-order valence-corrected chi connectivity index (χ1v) is 7.28. The van der Waals surface area contributed by atoms with E-state index in [1.165, 1.54) is 35.7 Å². The average molecular weight is 294 g/mol. The SMILES string of the molecule is O=C(O)C(Sc1ccccc1)Sc1ccc(F)cc1. The van der Waals surface area contributed by atoms with E-state index in [0.717, 1.165) is 9.79 Å². The van der Waals surface area contributed by atoms with E-state index in [0.29, 0.717) is 0 Å². The number of carbonyl (C=O) groups is 1. The Bertz CT molecular complexity index is 543. The van der Waals surface area contributed by atoms with Crippen LogP contribution in [0.25, 0.3) is 0 Å². The molecule has 1 unspecified atom stereocenters. The summed E-state index contributed by atoms with van der Waals surface area (Å²) in [5.74, 6) is -1.23. The molecule has 98 valence electrons. The van der Waals surface area contributed by atoms with E-state index < -0.39 is 10.6 Å². The van der Waals surface area contributed by atoms with Crippen LogP contribution in [0.1, 0.15) is 0 Å². The van der Waals surface area contributed by atoms with Crippen molar-refractivity contribution in [3.8, 4) is 0 Å². The molecule has 0 aliphatic heterocycles. The molecule has 2 aromatic rings. The molecule has 0 aliphatic carbocycles. The third kappa shape index (κ3) is 4.29. The minimum Gasteiger partial charge on any atom is -0.480 e. The summed E-state index contributed by atoms with van der Waals surface area (Å²) in [7, 11) is 0. The second-order valence-corrected chi connectivity index (χ2v) is 6.33. The molecule has 2 rings (SSSR count). The second kappa shape index (κ2) is 6.63. The summed E-state index contributed by atoms with van der Waals surface area (Å²) in [6.07, 6.45) is 0. The molecule has 1 atom stereocenters. The molecule has 19 heavy (non-hydrogen) atoms. The number of rotatable bonds is 5. The van der Waals surface area contributed by atoms with E-state index in [4.69, 9.17) is 0 Å².